The van der Waals surface area contributed by atoms with E-state index >= 15 is 0 Å². The Hall–Kier alpha value is -0.310. The van der Waals surface area contributed by atoms with Crippen LogP contribution >= 0.6 is 11.8 Å². The first-order valence-corrected chi connectivity index (χ1v) is 11.2. The Balaban J connectivity index is 1.95. The molecule has 1 fully saturated rings. The maximum Gasteiger partial charge on any atom is 0.144 e. The van der Waals surface area contributed by atoms with Gasteiger partial charge in [-0.1, -0.05) is 78.6 Å². The molecule has 3 heteroatoms. The average molecular weight is 355 g/mol. The molecule has 0 N–H and O–H groups in total. The fourth-order valence-electron chi connectivity index (χ4n) is 3.51. The monoisotopic (exact) mass is 354 g/mol. The van der Waals surface area contributed by atoms with Gasteiger partial charge >= 0.3 is 0 Å². The molecule has 24 heavy (non-hydrogen) atoms. The molecule has 0 radical (unpaired) electrons. The van der Waals surface area contributed by atoms with Crippen molar-refractivity contribution in [1.29, 1.82) is 0 Å². The number of hydrogen-bond donors (Lipinski definition) is 0. The minimum absolute atomic E-state index is 0.119. The van der Waals surface area contributed by atoms with Crippen molar-refractivity contribution in [2.45, 2.75) is 97.8 Å². The minimum atomic E-state index is -0.314. The maximum absolute atomic E-state index is 12.1. The zero-order chi connectivity index (χ0) is 17.8. The molecule has 0 unspecified atom stereocenters. The molecule has 0 aliphatic heterocycles. The lowest BCUT2D eigenvalue weighted by Crippen LogP contribution is -2.38. The second-order valence-corrected chi connectivity index (χ2v) is 9.41. The largest absolute Gasteiger partial charge is 0.299 e. The summed E-state index contributed by atoms with van der Waals surface area (Å²) in [5, 5.41) is 0. The Morgan fingerprint density at radius 2 is 1.29 bits per heavy atom. The number of Topliss-reactive ketones (excluding diaryl/α,β-unsaturated/α-hetero) is 2. The standard InChI is InChI=1S/C21H38O2S/c1-4-5-6-7-8-9-10-11-12-13-14-24-17-18-19(22)15-21(2,3)16-20(18)23/h18H,4-17H2,1-3H3. The number of rotatable bonds is 13. The van der Waals surface area contributed by atoms with Crippen molar-refractivity contribution in [2.24, 2.45) is 11.3 Å². The van der Waals surface area contributed by atoms with E-state index in [0.29, 0.717) is 18.6 Å². The van der Waals surface area contributed by atoms with E-state index in [4.69, 9.17) is 0 Å². The molecule has 0 aromatic carbocycles. The van der Waals surface area contributed by atoms with Gasteiger partial charge in [0, 0.05) is 18.6 Å². The Morgan fingerprint density at radius 1 is 0.833 bits per heavy atom. The minimum Gasteiger partial charge on any atom is -0.299 e. The summed E-state index contributed by atoms with van der Waals surface area (Å²) in [5.41, 5.74) is -0.119. The van der Waals surface area contributed by atoms with E-state index in [1.807, 2.05) is 13.8 Å². The molecule has 1 aliphatic carbocycles. The van der Waals surface area contributed by atoms with E-state index in [1.165, 1.54) is 64.2 Å². The quantitative estimate of drug-likeness (QED) is 0.291. The molecule has 140 valence electrons. The summed E-state index contributed by atoms with van der Waals surface area (Å²) in [6.45, 7) is 6.31. The summed E-state index contributed by atoms with van der Waals surface area (Å²) in [6, 6.07) is 0. The molecule has 1 saturated carbocycles. The number of thioether (sulfide) groups is 1. The van der Waals surface area contributed by atoms with E-state index in [2.05, 4.69) is 6.92 Å². The Morgan fingerprint density at radius 3 is 1.79 bits per heavy atom. The van der Waals surface area contributed by atoms with Gasteiger partial charge in [0.1, 0.15) is 11.6 Å². The molecule has 1 aliphatic rings. The third kappa shape index (κ3) is 9.25. The van der Waals surface area contributed by atoms with E-state index in [1.54, 1.807) is 11.8 Å². The molecule has 0 saturated heterocycles. The summed E-state index contributed by atoms with van der Waals surface area (Å²) >= 11 is 1.80. The molecule has 0 atom stereocenters. The van der Waals surface area contributed by atoms with Crippen LogP contribution in [0.3, 0.4) is 0 Å². The third-order valence-corrected chi connectivity index (χ3v) is 6.16. The van der Waals surface area contributed by atoms with Crippen LogP contribution in [-0.4, -0.2) is 23.1 Å². The molecule has 0 aromatic heterocycles. The molecule has 0 aromatic rings. The van der Waals surface area contributed by atoms with Crippen LogP contribution in [0.5, 0.6) is 0 Å². The van der Waals surface area contributed by atoms with E-state index in [0.717, 1.165) is 5.75 Å². The van der Waals surface area contributed by atoms with Crippen molar-refractivity contribution < 1.29 is 9.59 Å². The van der Waals surface area contributed by atoms with E-state index < -0.39 is 0 Å². The molecule has 0 bridgehead atoms. The topological polar surface area (TPSA) is 34.1 Å². The Bertz CT molecular complexity index is 356. The van der Waals surface area contributed by atoms with Gasteiger partial charge in [-0.15, -0.1) is 0 Å². The zero-order valence-corrected chi connectivity index (χ0v) is 17.0. The number of ketones is 2. The highest BCUT2D eigenvalue weighted by Crippen LogP contribution is 2.35. The second-order valence-electron chi connectivity index (χ2n) is 8.26. The third-order valence-electron chi connectivity index (χ3n) is 5.01. The number of hydrogen-bond acceptors (Lipinski definition) is 3. The summed E-state index contributed by atoms with van der Waals surface area (Å²) in [6.07, 6.45) is 14.7. The van der Waals surface area contributed by atoms with Gasteiger partial charge in [0.05, 0.1) is 5.92 Å². The van der Waals surface area contributed by atoms with Gasteiger partial charge in [-0.2, -0.15) is 11.8 Å². The smallest absolute Gasteiger partial charge is 0.144 e. The molecule has 0 amide bonds. The van der Waals surface area contributed by atoms with Gasteiger partial charge < -0.3 is 0 Å². The first kappa shape index (κ1) is 21.7. The van der Waals surface area contributed by atoms with Crippen molar-refractivity contribution in [2.75, 3.05) is 11.5 Å². The van der Waals surface area contributed by atoms with Crippen molar-refractivity contribution in [3.63, 3.8) is 0 Å². The number of unbranched alkanes of at least 4 members (excludes halogenated alkanes) is 9. The van der Waals surface area contributed by atoms with Crippen molar-refractivity contribution in [1.82, 2.24) is 0 Å². The first-order valence-electron chi connectivity index (χ1n) is 10.1. The van der Waals surface area contributed by atoms with Crippen molar-refractivity contribution in [3.05, 3.63) is 0 Å². The molecule has 0 heterocycles. The second kappa shape index (κ2) is 12.1. The van der Waals surface area contributed by atoms with Crippen LogP contribution < -0.4 is 0 Å². The summed E-state index contributed by atoms with van der Waals surface area (Å²) in [5.74, 6) is 1.84. The van der Waals surface area contributed by atoms with Gasteiger partial charge in [0.25, 0.3) is 0 Å². The Labute approximate surface area is 153 Å². The van der Waals surface area contributed by atoms with Crippen LogP contribution in [0.1, 0.15) is 97.8 Å². The van der Waals surface area contributed by atoms with Gasteiger partial charge in [0.2, 0.25) is 0 Å². The van der Waals surface area contributed by atoms with Gasteiger partial charge in [-0.25, -0.2) is 0 Å². The lowest BCUT2D eigenvalue weighted by Gasteiger charge is -2.31. The van der Waals surface area contributed by atoms with Crippen molar-refractivity contribution >= 4 is 23.3 Å². The van der Waals surface area contributed by atoms with Crippen LogP contribution in [0.15, 0.2) is 0 Å². The lowest BCUT2D eigenvalue weighted by atomic mass is 9.72. The van der Waals surface area contributed by atoms with Crippen molar-refractivity contribution in [3.8, 4) is 0 Å². The zero-order valence-electron chi connectivity index (χ0n) is 16.2. The highest BCUT2D eigenvalue weighted by Gasteiger charge is 2.39. The van der Waals surface area contributed by atoms with E-state index in [-0.39, 0.29) is 22.9 Å². The summed E-state index contributed by atoms with van der Waals surface area (Å²) in [7, 11) is 0. The normalized spacial score (nSPS) is 18.3. The summed E-state index contributed by atoms with van der Waals surface area (Å²) < 4.78 is 0. The average Bonchev–Trinajstić information content (AvgIpc) is 2.49. The SMILES string of the molecule is CCCCCCCCCCCCSCC1C(=O)CC(C)(C)CC1=O. The van der Waals surface area contributed by atoms with Crippen LogP contribution in [0, 0.1) is 11.3 Å². The predicted molar refractivity (Wildman–Crippen MR) is 106 cm³/mol. The number of carbonyl (C=O) groups excluding carboxylic acids is 2. The Kier molecular flexibility index (Phi) is 11.0. The fourth-order valence-corrected chi connectivity index (χ4v) is 4.69. The van der Waals surface area contributed by atoms with Gasteiger partial charge in [-0.3, -0.25) is 9.59 Å². The van der Waals surface area contributed by atoms with Crippen LogP contribution in [0.2, 0.25) is 0 Å². The first-order chi connectivity index (χ1) is 11.5. The summed E-state index contributed by atoms with van der Waals surface area (Å²) in [4.78, 5) is 24.2. The molecule has 1 rings (SSSR count). The van der Waals surface area contributed by atoms with E-state index in [9.17, 15) is 9.59 Å². The highest BCUT2D eigenvalue weighted by molar-refractivity contribution is 7.99. The molecule has 0 spiro atoms. The predicted octanol–water partition coefficient (Wildman–Crippen LogP) is 6.21. The van der Waals surface area contributed by atoms with Crippen LogP contribution in [-0.2, 0) is 9.59 Å². The molecular weight excluding hydrogens is 316 g/mol. The van der Waals surface area contributed by atoms with Crippen LogP contribution in [0.25, 0.3) is 0 Å². The van der Waals surface area contributed by atoms with Gasteiger partial charge in [-0.05, 0) is 17.6 Å². The maximum atomic E-state index is 12.1. The highest BCUT2D eigenvalue weighted by atomic mass is 32.2. The van der Waals surface area contributed by atoms with Gasteiger partial charge in [0.15, 0.2) is 0 Å². The van der Waals surface area contributed by atoms with Crippen LogP contribution in [0.4, 0.5) is 0 Å². The fraction of sp³-hybridized carbons (Fsp3) is 0.905. The molecule has 2 nitrogen and oxygen atoms in total. The number of carbonyl (C=O) groups is 2. The molecular formula is C21H38O2S. The lowest BCUT2D eigenvalue weighted by molar-refractivity contribution is -0.138.